The van der Waals surface area contributed by atoms with Crippen LogP contribution in [-0.4, -0.2) is 19.1 Å². The van der Waals surface area contributed by atoms with Crippen molar-refractivity contribution in [3.8, 4) is 67.5 Å². The van der Waals surface area contributed by atoms with Crippen LogP contribution in [0.5, 0.6) is 0 Å². The van der Waals surface area contributed by atoms with Crippen molar-refractivity contribution in [1.29, 1.82) is 0 Å². The standard InChI is InChI=1S/C65H42N4/c1-4-18-42(19-5-1)58-41-59(43-20-6-2-7-21-43)67-65(66-58)47-36-46(64-54-28-12-10-24-50(54)51-25-11-13-29-55(51)64)37-49(38-47)69-61-31-17-15-27-53(61)57-40-45(33-35-63(57)69)44-32-34-62-56(39-44)52-26-14-16-30-60(52)68(62)48-22-8-3-9-23-48/h1-41,64H. The number of benzene rings is 10. The molecule has 4 nitrogen and oxygen atoms in total. The molecule has 3 heterocycles. The average Bonchev–Trinajstić information content (AvgIpc) is 4.07. The number of hydrogen-bond donors (Lipinski definition) is 0. The molecule has 0 bridgehead atoms. The van der Waals surface area contributed by atoms with Gasteiger partial charge in [-0.25, -0.2) is 9.97 Å². The number of rotatable bonds is 7. The molecular weight excluding hydrogens is 837 g/mol. The summed E-state index contributed by atoms with van der Waals surface area (Å²) in [6.45, 7) is 0. The summed E-state index contributed by atoms with van der Waals surface area (Å²) in [5.41, 5.74) is 20.5. The fourth-order valence-electron chi connectivity index (χ4n) is 11.1. The van der Waals surface area contributed by atoms with Gasteiger partial charge in [0, 0.05) is 55.5 Å². The highest BCUT2D eigenvalue weighted by Gasteiger charge is 2.31. The van der Waals surface area contributed by atoms with E-state index < -0.39 is 0 Å². The SMILES string of the molecule is c1ccc(-c2cc(-c3ccccc3)nc(-c3cc(C4c5ccccc5-c5ccccc54)cc(-n4c5ccccc5c5cc(-c6ccc7c(c6)c6ccccc6n7-c6ccccc6)ccc54)c3)n2)cc1. The molecular formula is C65H42N4. The number of nitrogens with zero attached hydrogens (tertiary/aromatic N) is 4. The summed E-state index contributed by atoms with van der Waals surface area (Å²) in [4.78, 5) is 10.8. The molecule has 14 rings (SSSR count). The summed E-state index contributed by atoms with van der Waals surface area (Å²) in [6, 6.07) is 90.0. The Balaban J connectivity index is 0.988. The molecule has 0 saturated heterocycles. The highest BCUT2D eigenvalue weighted by Crippen LogP contribution is 2.49. The molecule has 69 heavy (non-hydrogen) atoms. The molecule has 1 aliphatic carbocycles. The van der Waals surface area contributed by atoms with Crippen molar-refractivity contribution in [1.82, 2.24) is 19.1 Å². The van der Waals surface area contributed by atoms with Crippen LogP contribution >= 0.6 is 0 Å². The zero-order valence-electron chi connectivity index (χ0n) is 37.5. The van der Waals surface area contributed by atoms with Gasteiger partial charge in [0.2, 0.25) is 0 Å². The molecule has 3 aromatic heterocycles. The van der Waals surface area contributed by atoms with E-state index in [1.54, 1.807) is 0 Å². The van der Waals surface area contributed by atoms with Gasteiger partial charge in [-0.2, -0.15) is 0 Å². The summed E-state index contributed by atoms with van der Waals surface area (Å²) < 4.78 is 4.83. The molecule has 10 aromatic carbocycles. The predicted octanol–water partition coefficient (Wildman–Crippen LogP) is 16.5. The monoisotopic (exact) mass is 878 g/mol. The van der Waals surface area contributed by atoms with Crippen LogP contribution in [0.1, 0.15) is 22.6 Å². The zero-order chi connectivity index (χ0) is 45.4. The quantitative estimate of drug-likeness (QED) is 0.160. The van der Waals surface area contributed by atoms with E-state index in [-0.39, 0.29) is 5.92 Å². The summed E-state index contributed by atoms with van der Waals surface area (Å²) in [5.74, 6) is 0.703. The summed E-state index contributed by atoms with van der Waals surface area (Å²) in [5, 5.41) is 4.89. The lowest BCUT2D eigenvalue weighted by Crippen LogP contribution is -2.04. The first kappa shape index (κ1) is 39.1. The zero-order valence-corrected chi connectivity index (χ0v) is 37.5. The van der Waals surface area contributed by atoms with E-state index in [1.165, 1.54) is 71.5 Å². The second kappa shape index (κ2) is 15.8. The Morgan fingerprint density at radius 3 is 1.29 bits per heavy atom. The van der Waals surface area contributed by atoms with Crippen LogP contribution in [0.15, 0.2) is 249 Å². The Morgan fingerprint density at radius 1 is 0.290 bits per heavy atom. The molecule has 0 aliphatic heterocycles. The maximum Gasteiger partial charge on any atom is 0.160 e. The molecule has 1 aliphatic rings. The first-order valence-corrected chi connectivity index (χ1v) is 23.7. The van der Waals surface area contributed by atoms with E-state index in [1.807, 2.05) is 0 Å². The first-order chi connectivity index (χ1) is 34.2. The lowest BCUT2D eigenvalue weighted by atomic mass is 9.88. The number of para-hydroxylation sites is 3. The molecule has 0 radical (unpaired) electrons. The van der Waals surface area contributed by atoms with Crippen LogP contribution in [0.3, 0.4) is 0 Å². The second-order valence-corrected chi connectivity index (χ2v) is 18.1. The minimum absolute atomic E-state index is 0.0180. The van der Waals surface area contributed by atoms with Gasteiger partial charge in [0.1, 0.15) is 0 Å². The molecule has 13 aromatic rings. The van der Waals surface area contributed by atoms with Gasteiger partial charge in [0.25, 0.3) is 0 Å². The molecule has 0 saturated carbocycles. The van der Waals surface area contributed by atoms with Gasteiger partial charge in [-0.15, -0.1) is 0 Å². The van der Waals surface area contributed by atoms with Crippen molar-refractivity contribution in [2.75, 3.05) is 0 Å². The highest BCUT2D eigenvalue weighted by molar-refractivity contribution is 6.13. The van der Waals surface area contributed by atoms with E-state index in [0.29, 0.717) is 5.82 Å². The maximum absolute atomic E-state index is 5.39. The predicted molar refractivity (Wildman–Crippen MR) is 285 cm³/mol. The summed E-state index contributed by atoms with van der Waals surface area (Å²) in [7, 11) is 0. The summed E-state index contributed by atoms with van der Waals surface area (Å²) >= 11 is 0. The third-order valence-corrected chi connectivity index (χ3v) is 14.2. The number of hydrogen-bond acceptors (Lipinski definition) is 2. The van der Waals surface area contributed by atoms with E-state index in [0.717, 1.165) is 50.5 Å². The average molecular weight is 879 g/mol. The van der Waals surface area contributed by atoms with Crippen molar-refractivity contribution in [3.05, 3.63) is 265 Å². The van der Waals surface area contributed by atoms with Gasteiger partial charge >= 0.3 is 0 Å². The molecule has 0 unspecified atom stereocenters. The smallest absolute Gasteiger partial charge is 0.160 e. The molecule has 0 N–H and O–H groups in total. The van der Waals surface area contributed by atoms with Gasteiger partial charge in [-0.3, -0.25) is 0 Å². The first-order valence-electron chi connectivity index (χ1n) is 23.7. The maximum atomic E-state index is 5.39. The minimum Gasteiger partial charge on any atom is -0.309 e. The topological polar surface area (TPSA) is 35.6 Å². The van der Waals surface area contributed by atoms with E-state index in [2.05, 4.69) is 258 Å². The molecule has 0 atom stereocenters. The third kappa shape index (κ3) is 6.37. The van der Waals surface area contributed by atoms with E-state index in [4.69, 9.17) is 9.97 Å². The lowest BCUT2D eigenvalue weighted by Gasteiger charge is -2.19. The van der Waals surface area contributed by atoms with Gasteiger partial charge in [-0.1, -0.05) is 176 Å². The fraction of sp³-hybridized carbons (Fsp3) is 0.0154. The Bertz CT molecular complexity index is 4020. The van der Waals surface area contributed by atoms with Crippen LogP contribution in [0.25, 0.3) is 111 Å². The van der Waals surface area contributed by atoms with Crippen LogP contribution < -0.4 is 0 Å². The van der Waals surface area contributed by atoms with E-state index in [9.17, 15) is 0 Å². The van der Waals surface area contributed by atoms with Gasteiger partial charge < -0.3 is 9.13 Å². The van der Waals surface area contributed by atoms with Crippen molar-refractivity contribution >= 4 is 43.6 Å². The number of fused-ring (bicyclic) bond motifs is 9. The van der Waals surface area contributed by atoms with Crippen molar-refractivity contribution < 1.29 is 0 Å². The van der Waals surface area contributed by atoms with Crippen molar-refractivity contribution in [2.24, 2.45) is 0 Å². The van der Waals surface area contributed by atoms with Crippen LogP contribution in [-0.2, 0) is 0 Å². The van der Waals surface area contributed by atoms with Crippen LogP contribution in [0, 0.1) is 0 Å². The highest BCUT2D eigenvalue weighted by atomic mass is 15.0. The van der Waals surface area contributed by atoms with Crippen molar-refractivity contribution in [2.45, 2.75) is 5.92 Å². The van der Waals surface area contributed by atoms with Gasteiger partial charge in [-0.05, 0) is 112 Å². The normalized spacial score (nSPS) is 12.3. The Hall–Kier alpha value is -9.12. The van der Waals surface area contributed by atoms with Gasteiger partial charge in [0.05, 0.1) is 33.5 Å². The Labute approximate surface area is 399 Å². The Morgan fingerprint density at radius 2 is 0.739 bits per heavy atom. The molecule has 0 spiro atoms. The third-order valence-electron chi connectivity index (χ3n) is 14.2. The molecule has 0 amide bonds. The molecule has 0 fully saturated rings. The van der Waals surface area contributed by atoms with Gasteiger partial charge in [0.15, 0.2) is 5.82 Å². The summed E-state index contributed by atoms with van der Waals surface area (Å²) in [6.07, 6.45) is 0. The van der Waals surface area contributed by atoms with Crippen molar-refractivity contribution in [3.63, 3.8) is 0 Å². The fourth-order valence-corrected chi connectivity index (χ4v) is 11.1. The second-order valence-electron chi connectivity index (χ2n) is 18.1. The largest absolute Gasteiger partial charge is 0.309 e. The van der Waals surface area contributed by atoms with Crippen LogP contribution in [0.2, 0.25) is 0 Å². The van der Waals surface area contributed by atoms with Crippen LogP contribution in [0.4, 0.5) is 0 Å². The Kier molecular flexibility index (Phi) is 8.93. The lowest BCUT2D eigenvalue weighted by molar-refractivity contribution is 1.01. The van der Waals surface area contributed by atoms with E-state index >= 15 is 0 Å². The molecule has 322 valence electrons. The minimum atomic E-state index is 0.0180. The molecule has 4 heteroatoms. The number of aromatic nitrogens is 4.